The van der Waals surface area contributed by atoms with E-state index in [1.807, 2.05) is 42.5 Å². The Hall–Kier alpha value is -3.65. The highest BCUT2D eigenvalue weighted by molar-refractivity contribution is 7.21. The van der Waals surface area contributed by atoms with Gasteiger partial charge in [0.2, 0.25) is 11.7 Å². The maximum atomic E-state index is 12.9. The molecule has 7 nitrogen and oxygen atoms in total. The average Bonchev–Trinajstić information content (AvgIpc) is 3.39. The second-order valence-electron chi connectivity index (χ2n) is 6.13. The predicted molar refractivity (Wildman–Crippen MR) is 106 cm³/mol. The fraction of sp³-hybridized carbons (Fsp3) is 0.0500. The first kappa shape index (κ1) is 16.5. The van der Waals surface area contributed by atoms with Crippen molar-refractivity contribution < 1.29 is 4.52 Å². The van der Waals surface area contributed by atoms with Crippen LogP contribution in [0.15, 0.2) is 76.6 Å². The van der Waals surface area contributed by atoms with E-state index in [0.29, 0.717) is 21.9 Å². The van der Waals surface area contributed by atoms with Gasteiger partial charge in [-0.2, -0.15) is 4.98 Å². The van der Waals surface area contributed by atoms with Gasteiger partial charge in [-0.1, -0.05) is 35.5 Å². The smallest absolute Gasteiger partial charge is 0.262 e. The van der Waals surface area contributed by atoms with Crippen LogP contribution in [0.5, 0.6) is 0 Å². The maximum Gasteiger partial charge on any atom is 0.262 e. The monoisotopic (exact) mass is 387 g/mol. The molecule has 8 heteroatoms. The zero-order valence-electron chi connectivity index (χ0n) is 14.5. The fourth-order valence-electron chi connectivity index (χ4n) is 2.89. The van der Waals surface area contributed by atoms with E-state index >= 15 is 0 Å². The number of nitrogens with zero attached hydrogens (tertiary/aromatic N) is 5. The summed E-state index contributed by atoms with van der Waals surface area (Å²) in [5.74, 6) is 0.771. The van der Waals surface area contributed by atoms with Gasteiger partial charge in [-0.05, 0) is 23.8 Å². The van der Waals surface area contributed by atoms with Gasteiger partial charge in [0.15, 0.2) is 0 Å². The fourth-order valence-corrected chi connectivity index (χ4v) is 3.89. The molecule has 0 saturated carbocycles. The van der Waals surface area contributed by atoms with E-state index in [9.17, 15) is 4.79 Å². The number of pyridine rings is 1. The summed E-state index contributed by atoms with van der Waals surface area (Å²) in [6.07, 6.45) is 4.85. The van der Waals surface area contributed by atoms with Crippen molar-refractivity contribution in [2.45, 2.75) is 6.54 Å². The van der Waals surface area contributed by atoms with Crippen molar-refractivity contribution in [1.29, 1.82) is 0 Å². The molecule has 0 bridgehead atoms. The second-order valence-corrected chi connectivity index (χ2v) is 7.16. The quantitative estimate of drug-likeness (QED) is 0.468. The van der Waals surface area contributed by atoms with Crippen LogP contribution >= 0.6 is 11.3 Å². The number of aromatic nitrogens is 5. The minimum absolute atomic E-state index is 0.135. The van der Waals surface area contributed by atoms with Crippen LogP contribution in [0.4, 0.5) is 0 Å². The molecule has 0 unspecified atom stereocenters. The van der Waals surface area contributed by atoms with Gasteiger partial charge < -0.3 is 4.52 Å². The SMILES string of the molecule is O=c1c2cc(-c3ccccc3)sc2ncn1Cc1nc(-c2cccnc2)no1. The summed E-state index contributed by atoms with van der Waals surface area (Å²) >= 11 is 1.50. The van der Waals surface area contributed by atoms with E-state index in [-0.39, 0.29) is 12.1 Å². The van der Waals surface area contributed by atoms with Gasteiger partial charge in [-0.25, -0.2) is 4.98 Å². The molecule has 0 radical (unpaired) electrons. The lowest BCUT2D eigenvalue weighted by molar-refractivity contribution is 0.369. The first-order chi connectivity index (χ1) is 13.8. The third-order valence-corrected chi connectivity index (χ3v) is 5.36. The molecule has 5 rings (SSSR count). The molecule has 136 valence electrons. The van der Waals surface area contributed by atoms with E-state index in [2.05, 4.69) is 20.1 Å². The highest BCUT2D eigenvalue weighted by Crippen LogP contribution is 2.30. The molecule has 4 aromatic heterocycles. The Morgan fingerprint density at radius 1 is 1.07 bits per heavy atom. The van der Waals surface area contributed by atoms with Gasteiger partial charge in [0.05, 0.1) is 11.7 Å². The minimum Gasteiger partial charge on any atom is -0.337 e. The molecule has 0 amide bonds. The molecule has 4 heterocycles. The van der Waals surface area contributed by atoms with Gasteiger partial charge >= 0.3 is 0 Å². The van der Waals surface area contributed by atoms with E-state index in [0.717, 1.165) is 16.0 Å². The summed E-state index contributed by atoms with van der Waals surface area (Å²) < 4.78 is 6.77. The number of thiophene rings is 1. The molecule has 0 fully saturated rings. The highest BCUT2D eigenvalue weighted by atomic mass is 32.1. The topological polar surface area (TPSA) is 86.7 Å². The van der Waals surface area contributed by atoms with Crippen LogP contribution in [0.1, 0.15) is 5.89 Å². The Balaban J connectivity index is 1.48. The van der Waals surface area contributed by atoms with E-state index < -0.39 is 0 Å². The van der Waals surface area contributed by atoms with Crippen molar-refractivity contribution in [3.63, 3.8) is 0 Å². The van der Waals surface area contributed by atoms with Gasteiger partial charge in [0.25, 0.3) is 5.56 Å². The molecule has 0 saturated heterocycles. The average molecular weight is 387 g/mol. The minimum atomic E-state index is -0.135. The van der Waals surface area contributed by atoms with Gasteiger partial charge in [-0.15, -0.1) is 11.3 Å². The van der Waals surface area contributed by atoms with Crippen LogP contribution in [0.3, 0.4) is 0 Å². The van der Waals surface area contributed by atoms with E-state index in [4.69, 9.17) is 4.52 Å². The molecule has 0 atom stereocenters. The molecule has 0 aliphatic rings. The third-order valence-electron chi connectivity index (χ3n) is 4.27. The molecule has 0 spiro atoms. The van der Waals surface area contributed by atoms with Gasteiger partial charge in [0, 0.05) is 22.8 Å². The van der Waals surface area contributed by atoms with Crippen LogP contribution in [-0.4, -0.2) is 24.7 Å². The van der Waals surface area contributed by atoms with Crippen LogP contribution < -0.4 is 5.56 Å². The number of hydrogen-bond acceptors (Lipinski definition) is 7. The summed E-state index contributed by atoms with van der Waals surface area (Å²) in [5, 5.41) is 4.54. The van der Waals surface area contributed by atoms with Crippen molar-refractivity contribution in [2.75, 3.05) is 0 Å². The first-order valence-electron chi connectivity index (χ1n) is 8.55. The van der Waals surface area contributed by atoms with Crippen molar-refractivity contribution >= 4 is 21.6 Å². The summed E-state index contributed by atoms with van der Waals surface area (Å²) in [5.41, 5.74) is 1.68. The Bertz CT molecular complexity index is 1310. The Morgan fingerprint density at radius 3 is 2.75 bits per heavy atom. The lowest BCUT2D eigenvalue weighted by atomic mass is 10.2. The number of benzene rings is 1. The van der Waals surface area contributed by atoms with Crippen molar-refractivity contribution in [3.8, 4) is 21.8 Å². The van der Waals surface area contributed by atoms with E-state index in [1.165, 1.54) is 22.2 Å². The largest absolute Gasteiger partial charge is 0.337 e. The van der Waals surface area contributed by atoms with Crippen LogP contribution in [0, 0.1) is 0 Å². The predicted octanol–water partition coefficient (Wildman–Crippen LogP) is 3.62. The summed E-state index contributed by atoms with van der Waals surface area (Å²) in [6, 6.07) is 15.5. The molecule has 0 aliphatic carbocycles. The zero-order valence-corrected chi connectivity index (χ0v) is 15.3. The Morgan fingerprint density at radius 2 is 1.93 bits per heavy atom. The normalized spacial score (nSPS) is 11.1. The van der Waals surface area contributed by atoms with Crippen molar-refractivity contribution in [1.82, 2.24) is 24.7 Å². The molecular weight excluding hydrogens is 374 g/mol. The first-order valence-corrected chi connectivity index (χ1v) is 9.37. The molecule has 5 aromatic rings. The summed E-state index contributed by atoms with van der Waals surface area (Å²) in [6.45, 7) is 0.158. The van der Waals surface area contributed by atoms with Gasteiger partial charge in [0.1, 0.15) is 11.4 Å². The van der Waals surface area contributed by atoms with Crippen molar-refractivity contribution in [2.24, 2.45) is 0 Å². The standard InChI is InChI=1S/C20H13N5O2S/c26-20-15-9-16(13-5-2-1-3-6-13)28-19(15)22-12-25(20)11-17-23-18(24-27-17)14-7-4-8-21-10-14/h1-10,12H,11H2. The number of rotatable bonds is 4. The molecule has 1 aromatic carbocycles. The second kappa shape index (κ2) is 6.82. The van der Waals surface area contributed by atoms with E-state index in [1.54, 1.807) is 18.5 Å². The third kappa shape index (κ3) is 2.99. The Kier molecular flexibility index (Phi) is 4.02. The summed E-state index contributed by atoms with van der Waals surface area (Å²) in [4.78, 5) is 27.4. The number of hydrogen-bond donors (Lipinski definition) is 0. The Labute approximate surface area is 163 Å². The summed E-state index contributed by atoms with van der Waals surface area (Å²) in [7, 11) is 0. The van der Waals surface area contributed by atoms with Crippen LogP contribution in [-0.2, 0) is 6.54 Å². The highest BCUT2D eigenvalue weighted by Gasteiger charge is 2.13. The van der Waals surface area contributed by atoms with Crippen LogP contribution in [0.25, 0.3) is 32.0 Å². The molecular formula is C20H13N5O2S. The number of fused-ring (bicyclic) bond motifs is 1. The zero-order chi connectivity index (χ0) is 18.9. The van der Waals surface area contributed by atoms with Gasteiger partial charge in [-0.3, -0.25) is 14.3 Å². The lowest BCUT2D eigenvalue weighted by Crippen LogP contribution is -2.20. The lowest BCUT2D eigenvalue weighted by Gasteiger charge is -2.00. The maximum absolute atomic E-state index is 12.9. The van der Waals surface area contributed by atoms with Crippen LogP contribution in [0.2, 0.25) is 0 Å². The molecule has 28 heavy (non-hydrogen) atoms. The molecule has 0 N–H and O–H groups in total. The molecule has 0 aliphatic heterocycles. The van der Waals surface area contributed by atoms with Crippen molar-refractivity contribution in [3.05, 3.63) is 83.5 Å².